The summed E-state index contributed by atoms with van der Waals surface area (Å²) in [6.45, 7) is 10.1. The molecule has 3 fully saturated rings. The Morgan fingerprint density at radius 3 is 2.73 bits per heavy atom. The lowest BCUT2D eigenvalue weighted by Crippen LogP contribution is -2.53. The molecule has 1 saturated carbocycles. The van der Waals surface area contributed by atoms with Gasteiger partial charge in [0.15, 0.2) is 0 Å². The molecule has 2 saturated heterocycles. The lowest BCUT2D eigenvalue weighted by molar-refractivity contribution is 0.0507. The van der Waals surface area contributed by atoms with Crippen molar-refractivity contribution in [1.29, 1.82) is 0 Å². The summed E-state index contributed by atoms with van der Waals surface area (Å²) in [5.74, 6) is 0.761. The van der Waals surface area contributed by atoms with Gasteiger partial charge in [0.25, 0.3) is 0 Å². The largest absolute Gasteiger partial charge is 0.379 e. The van der Waals surface area contributed by atoms with Gasteiger partial charge in [0, 0.05) is 31.2 Å². The molecule has 2 heterocycles. The first-order chi connectivity index (χ1) is 10.4. The maximum absolute atomic E-state index is 5.67. The quantitative estimate of drug-likeness (QED) is 0.754. The van der Waals surface area contributed by atoms with Crippen molar-refractivity contribution in [3.8, 4) is 0 Å². The number of halogens is 1. The SMILES string of the molecule is C=CCN1CCC(NC2CCCC2C2COCCN2)CC1.Cl. The van der Waals surface area contributed by atoms with Crippen LogP contribution in [0.4, 0.5) is 0 Å². The van der Waals surface area contributed by atoms with Crippen LogP contribution in [0.2, 0.25) is 0 Å². The van der Waals surface area contributed by atoms with Gasteiger partial charge in [-0.15, -0.1) is 19.0 Å². The number of nitrogens with one attached hydrogen (secondary N) is 2. The van der Waals surface area contributed by atoms with Crippen molar-refractivity contribution in [3.05, 3.63) is 12.7 Å². The zero-order valence-electron chi connectivity index (χ0n) is 13.6. The van der Waals surface area contributed by atoms with Gasteiger partial charge >= 0.3 is 0 Å². The van der Waals surface area contributed by atoms with E-state index < -0.39 is 0 Å². The minimum Gasteiger partial charge on any atom is -0.379 e. The minimum absolute atomic E-state index is 0. The third-order valence-corrected chi connectivity index (χ3v) is 5.46. The molecule has 0 aromatic heterocycles. The number of morpholine rings is 1. The summed E-state index contributed by atoms with van der Waals surface area (Å²) in [5, 5.41) is 7.65. The van der Waals surface area contributed by atoms with E-state index in [1.165, 1.54) is 45.2 Å². The summed E-state index contributed by atoms with van der Waals surface area (Å²) in [5.41, 5.74) is 0. The van der Waals surface area contributed by atoms with E-state index in [-0.39, 0.29) is 12.4 Å². The summed E-state index contributed by atoms with van der Waals surface area (Å²) in [6.07, 6.45) is 8.66. The highest BCUT2D eigenvalue weighted by atomic mass is 35.5. The average molecular weight is 330 g/mol. The first kappa shape index (κ1) is 18.2. The maximum atomic E-state index is 5.67. The van der Waals surface area contributed by atoms with Crippen molar-refractivity contribution in [3.63, 3.8) is 0 Å². The van der Waals surface area contributed by atoms with E-state index in [2.05, 4.69) is 22.1 Å². The van der Waals surface area contributed by atoms with E-state index >= 15 is 0 Å². The molecule has 2 aliphatic heterocycles. The number of likely N-dealkylation sites (tertiary alicyclic amines) is 1. The van der Waals surface area contributed by atoms with E-state index in [9.17, 15) is 0 Å². The van der Waals surface area contributed by atoms with Gasteiger partial charge in [-0.25, -0.2) is 0 Å². The molecule has 2 N–H and O–H groups in total. The number of nitrogens with zero attached hydrogens (tertiary/aromatic N) is 1. The summed E-state index contributed by atoms with van der Waals surface area (Å²) >= 11 is 0. The number of ether oxygens (including phenoxy) is 1. The fourth-order valence-corrected chi connectivity index (χ4v) is 4.31. The first-order valence-electron chi connectivity index (χ1n) is 8.77. The minimum atomic E-state index is 0. The Morgan fingerprint density at radius 2 is 2.05 bits per heavy atom. The molecule has 0 amide bonds. The Kier molecular flexibility index (Phi) is 7.65. The number of hydrogen-bond acceptors (Lipinski definition) is 4. The van der Waals surface area contributed by atoms with Crippen molar-refractivity contribution in [1.82, 2.24) is 15.5 Å². The van der Waals surface area contributed by atoms with Gasteiger partial charge in [-0.1, -0.05) is 12.5 Å². The maximum Gasteiger partial charge on any atom is 0.0623 e. The van der Waals surface area contributed by atoms with E-state index in [0.717, 1.165) is 32.2 Å². The number of piperidine rings is 1. The summed E-state index contributed by atoms with van der Waals surface area (Å²) in [6, 6.07) is 1.97. The van der Waals surface area contributed by atoms with Crippen LogP contribution in [0.15, 0.2) is 12.7 Å². The topological polar surface area (TPSA) is 36.5 Å². The van der Waals surface area contributed by atoms with E-state index in [1.54, 1.807) is 0 Å². The van der Waals surface area contributed by atoms with Gasteiger partial charge in [0.1, 0.15) is 0 Å². The van der Waals surface area contributed by atoms with Gasteiger partial charge < -0.3 is 15.4 Å². The zero-order chi connectivity index (χ0) is 14.5. The highest BCUT2D eigenvalue weighted by Gasteiger charge is 2.35. The highest BCUT2D eigenvalue weighted by Crippen LogP contribution is 2.30. The molecule has 3 rings (SSSR count). The molecule has 3 unspecified atom stereocenters. The number of rotatable bonds is 5. The van der Waals surface area contributed by atoms with Crippen LogP contribution in [0.1, 0.15) is 32.1 Å². The van der Waals surface area contributed by atoms with Crippen LogP contribution in [0.25, 0.3) is 0 Å². The molecular weight excluding hydrogens is 298 g/mol. The summed E-state index contributed by atoms with van der Waals surface area (Å²) in [7, 11) is 0. The molecule has 5 heteroatoms. The van der Waals surface area contributed by atoms with Crippen molar-refractivity contribution < 1.29 is 4.74 Å². The van der Waals surface area contributed by atoms with Crippen molar-refractivity contribution in [2.75, 3.05) is 39.4 Å². The molecule has 3 aliphatic rings. The standard InChI is InChI=1S/C17H31N3O.ClH/c1-2-9-20-10-6-14(7-11-20)19-16-5-3-4-15(16)17-13-21-12-8-18-17;/h2,14-19H,1,3-13H2;1H. The fraction of sp³-hybridized carbons (Fsp3) is 0.882. The molecule has 0 radical (unpaired) electrons. The second-order valence-corrected chi connectivity index (χ2v) is 6.87. The van der Waals surface area contributed by atoms with Gasteiger partial charge in [0.05, 0.1) is 13.2 Å². The van der Waals surface area contributed by atoms with Crippen molar-refractivity contribution >= 4 is 12.4 Å². The molecule has 128 valence electrons. The Labute approximate surface area is 141 Å². The van der Waals surface area contributed by atoms with E-state index in [4.69, 9.17) is 4.74 Å². The van der Waals surface area contributed by atoms with Crippen LogP contribution in [0, 0.1) is 5.92 Å². The first-order valence-corrected chi connectivity index (χ1v) is 8.77. The predicted octanol–water partition coefficient (Wildman–Crippen LogP) is 1.81. The van der Waals surface area contributed by atoms with Crippen LogP contribution in [0.5, 0.6) is 0 Å². The third kappa shape index (κ3) is 4.68. The van der Waals surface area contributed by atoms with E-state index in [1.807, 2.05) is 6.08 Å². The molecule has 1 aliphatic carbocycles. The smallest absolute Gasteiger partial charge is 0.0623 e. The zero-order valence-corrected chi connectivity index (χ0v) is 14.5. The Bertz CT molecular complexity index is 328. The Balaban J connectivity index is 0.00000176. The summed E-state index contributed by atoms with van der Waals surface area (Å²) in [4.78, 5) is 2.51. The van der Waals surface area contributed by atoms with E-state index in [0.29, 0.717) is 18.1 Å². The van der Waals surface area contributed by atoms with Gasteiger partial charge in [-0.05, 0) is 44.7 Å². The van der Waals surface area contributed by atoms with Crippen LogP contribution in [-0.2, 0) is 4.74 Å². The molecule has 4 nitrogen and oxygen atoms in total. The fourth-order valence-electron chi connectivity index (χ4n) is 4.31. The molecule has 0 spiro atoms. The lowest BCUT2D eigenvalue weighted by atomic mass is 9.92. The highest BCUT2D eigenvalue weighted by molar-refractivity contribution is 5.85. The van der Waals surface area contributed by atoms with Crippen LogP contribution in [0.3, 0.4) is 0 Å². The normalized spacial score (nSPS) is 34.3. The van der Waals surface area contributed by atoms with Gasteiger partial charge in [-0.3, -0.25) is 4.90 Å². The molecule has 0 aromatic rings. The van der Waals surface area contributed by atoms with Crippen LogP contribution >= 0.6 is 12.4 Å². The number of hydrogen-bond donors (Lipinski definition) is 2. The molecule has 22 heavy (non-hydrogen) atoms. The average Bonchev–Trinajstić information content (AvgIpc) is 2.98. The van der Waals surface area contributed by atoms with Crippen LogP contribution < -0.4 is 10.6 Å². The lowest BCUT2D eigenvalue weighted by Gasteiger charge is -2.37. The predicted molar refractivity (Wildman–Crippen MR) is 93.8 cm³/mol. The van der Waals surface area contributed by atoms with Gasteiger partial charge in [0.2, 0.25) is 0 Å². The molecule has 0 aromatic carbocycles. The summed E-state index contributed by atoms with van der Waals surface area (Å²) < 4.78 is 5.67. The molecule has 0 bridgehead atoms. The second-order valence-electron chi connectivity index (χ2n) is 6.87. The third-order valence-electron chi connectivity index (χ3n) is 5.46. The van der Waals surface area contributed by atoms with Crippen molar-refractivity contribution in [2.24, 2.45) is 5.92 Å². The Hall–Kier alpha value is -0.130. The van der Waals surface area contributed by atoms with Crippen LogP contribution in [-0.4, -0.2) is 62.4 Å². The molecular formula is C17H32ClN3O. The monoisotopic (exact) mass is 329 g/mol. The molecule has 3 atom stereocenters. The van der Waals surface area contributed by atoms with Gasteiger partial charge in [-0.2, -0.15) is 0 Å². The van der Waals surface area contributed by atoms with Crippen molar-refractivity contribution in [2.45, 2.75) is 50.2 Å². The second kappa shape index (κ2) is 9.24. The Morgan fingerprint density at radius 1 is 1.23 bits per heavy atom.